The van der Waals surface area contributed by atoms with Crippen molar-refractivity contribution in [2.45, 2.75) is 64.2 Å². The molecule has 0 bridgehead atoms. The molecule has 1 heterocycles. The van der Waals surface area contributed by atoms with Gasteiger partial charge in [-0.15, -0.1) is 0 Å². The van der Waals surface area contributed by atoms with E-state index in [1.54, 1.807) is 0 Å². The summed E-state index contributed by atoms with van der Waals surface area (Å²) in [5.74, 6) is 0. The first-order valence-electron chi connectivity index (χ1n) is 7.00. The molecule has 2 nitrogen and oxygen atoms in total. The van der Waals surface area contributed by atoms with Crippen LogP contribution in [0.3, 0.4) is 0 Å². The molecule has 0 aliphatic carbocycles. The summed E-state index contributed by atoms with van der Waals surface area (Å²) < 4.78 is 37.0. The maximum absolute atomic E-state index is 12.3. The van der Waals surface area contributed by atoms with E-state index in [1.165, 1.54) is 0 Å². The van der Waals surface area contributed by atoms with Crippen LogP contribution >= 0.6 is 0 Å². The summed E-state index contributed by atoms with van der Waals surface area (Å²) in [6, 6.07) is 0.627. The molecule has 0 spiro atoms. The number of nitrogens with one attached hydrogen (secondary N) is 1. The summed E-state index contributed by atoms with van der Waals surface area (Å²) >= 11 is 0. The van der Waals surface area contributed by atoms with Gasteiger partial charge in [0.25, 0.3) is 0 Å². The molecule has 2 unspecified atom stereocenters. The van der Waals surface area contributed by atoms with Gasteiger partial charge in [0.2, 0.25) is 0 Å². The van der Waals surface area contributed by atoms with E-state index < -0.39 is 12.6 Å². The van der Waals surface area contributed by atoms with E-state index in [0.717, 1.165) is 38.8 Å². The van der Waals surface area contributed by atoms with Crippen LogP contribution in [-0.4, -0.2) is 42.8 Å². The number of hydrogen-bond acceptors (Lipinski definition) is 2. The highest BCUT2D eigenvalue weighted by Crippen LogP contribution is 2.22. The Labute approximate surface area is 108 Å². The maximum Gasteiger partial charge on any atom is 0.390 e. The van der Waals surface area contributed by atoms with Crippen molar-refractivity contribution in [2.24, 2.45) is 0 Å². The highest BCUT2D eigenvalue weighted by Gasteiger charge is 2.32. The van der Waals surface area contributed by atoms with Crippen LogP contribution in [0, 0.1) is 0 Å². The summed E-state index contributed by atoms with van der Waals surface area (Å²) in [4.78, 5) is 2.04. The predicted octanol–water partition coefficient (Wildman–Crippen LogP) is 3.18. The van der Waals surface area contributed by atoms with Crippen LogP contribution in [0.25, 0.3) is 0 Å². The van der Waals surface area contributed by atoms with Gasteiger partial charge in [0, 0.05) is 31.7 Å². The van der Waals surface area contributed by atoms with Crippen molar-refractivity contribution < 1.29 is 13.2 Å². The quantitative estimate of drug-likeness (QED) is 0.794. The van der Waals surface area contributed by atoms with Crippen LogP contribution in [0.4, 0.5) is 13.2 Å². The van der Waals surface area contributed by atoms with Crippen molar-refractivity contribution >= 4 is 0 Å². The molecule has 108 valence electrons. The second kappa shape index (κ2) is 7.34. The topological polar surface area (TPSA) is 15.3 Å². The largest absolute Gasteiger partial charge is 0.390 e. The third kappa shape index (κ3) is 5.57. The number of rotatable bonds is 6. The van der Waals surface area contributed by atoms with Crippen LogP contribution in [0.1, 0.15) is 46.0 Å². The summed E-state index contributed by atoms with van der Waals surface area (Å²) in [6.07, 6.45) is -0.616. The molecule has 18 heavy (non-hydrogen) atoms. The Morgan fingerprint density at radius 2 is 1.83 bits per heavy atom. The third-order valence-corrected chi connectivity index (χ3v) is 3.55. The molecule has 1 fully saturated rings. The van der Waals surface area contributed by atoms with E-state index in [4.69, 9.17) is 0 Å². The number of nitrogens with zero attached hydrogens (tertiary/aromatic N) is 1. The first-order chi connectivity index (χ1) is 8.46. The number of halogens is 3. The van der Waals surface area contributed by atoms with Gasteiger partial charge in [-0.25, -0.2) is 0 Å². The molecule has 1 aliphatic rings. The monoisotopic (exact) mass is 266 g/mol. The van der Waals surface area contributed by atoms with Crippen molar-refractivity contribution in [3.8, 4) is 0 Å². The Morgan fingerprint density at radius 3 is 2.39 bits per heavy atom. The lowest BCUT2D eigenvalue weighted by molar-refractivity contribution is -0.140. The maximum atomic E-state index is 12.3. The van der Waals surface area contributed by atoms with Crippen molar-refractivity contribution in [3.63, 3.8) is 0 Å². The van der Waals surface area contributed by atoms with Crippen LogP contribution in [0.5, 0.6) is 0 Å². The molecule has 0 amide bonds. The molecule has 2 atom stereocenters. The van der Waals surface area contributed by atoms with Gasteiger partial charge in [-0.2, -0.15) is 13.2 Å². The van der Waals surface area contributed by atoms with Gasteiger partial charge >= 0.3 is 6.18 Å². The number of hydrogen-bond donors (Lipinski definition) is 1. The van der Waals surface area contributed by atoms with Crippen LogP contribution in [-0.2, 0) is 0 Å². The van der Waals surface area contributed by atoms with Gasteiger partial charge < -0.3 is 5.32 Å². The lowest BCUT2D eigenvalue weighted by Gasteiger charge is -2.40. The van der Waals surface area contributed by atoms with Crippen molar-refractivity contribution in [1.82, 2.24) is 10.2 Å². The lowest BCUT2D eigenvalue weighted by atomic mass is 10.0. The van der Waals surface area contributed by atoms with Gasteiger partial charge in [-0.1, -0.05) is 26.7 Å². The zero-order chi connectivity index (χ0) is 13.6. The zero-order valence-electron chi connectivity index (χ0n) is 11.4. The summed E-state index contributed by atoms with van der Waals surface area (Å²) in [6.45, 7) is 5.93. The molecule has 5 heteroatoms. The van der Waals surface area contributed by atoms with Crippen LogP contribution < -0.4 is 5.32 Å². The smallest absolute Gasteiger partial charge is 0.311 e. The average molecular weight is 266 g/mol. The van der Waals surface area contributed by atoms with E-state index >= 15 is 0 Å². The SMILES string of the molecule is CCCC1CN(CCC(F)(F)F)C(CCC)CN1. The Morgan fingerprint density at radius 1 is 1.17 bits per heavy atom. The zero-order valence-corrected chi connectivity index (χ0v) is 11.4. The normalized spacial score (nSPS) is 26.5. The molecule has 0 saturated carbocycles. The third-order valence-electron chi connectivity index (χ3n) is 3.55. The van der Waals surface area contributed by atoms with Crippen LogP contribution in [0.15, 0.2) is 0 Å². The average Bonchev–Trinajstić information content (AvgIpc) is 2.29. The van der Waals surface area contributed by atoms with Crippen molar-refractivity contribution in [1.29, 1.82) is 0 Å². The lowest BCUT2D eigenvalue weighted by Crippen LogP contribution is -2.56. The molecule has 1 aliphatic heterocycles. The fraction of sp³-hybridized carbons (Fsp3) is 1.00. The Kier molecular flexibility index (Phi) is 6.43. The van der Waals surface area contributed by atoms with Gasteiger partial charge in [-0.05, 0) is 12.8 Å². The fourth-order valence-electron chi connectivity index (χ4n) is 2.63. The first kappa shape index (κ1) is 15.8. The predicted molar refractivity (Wildman–Crippen MR) is 67.6 cm³/mol. The molecular weight excluding hydrogens is 241 g/mol. The van der Waals surface area contributed by atoms with Crippen molar-refractivity contribution in [2.75, 3.05) is 19.6 Å². The first-order valence-corrected chi connectivity index (χ1v) is 7.00. The van der Waals surface area contributed by atoms with Gasteiger partial charge in [0.1, 0.15) is 0 Å². The Hall–Kier alpha value is -0.290. The minimum Gasteiger partial charge on any atom is -0.311 e. The van der Waals surface area contributed by atoms with Gasteiger partial charge in [0.15, 0.2) is 0 Å². The van der Waals surface area contributed by atoms with E-state index in [-0.39, 0.29) is 12.6 Å². The van der Waals surface area contributed by atoms with Crippen LogP contribution in [0.2, 0.25) is 0 Å². The van der Waals surface area contributed by atoms with E-state index in [1.807, 2.05) is 4.90 Å². The molecule has 0 radical (unpaired) electrons. The molecule has 1 saturated heterocycles. The highest BCUT2D eigenvalue weighted by molar-refractivity contribution is 4.86. The molecule has 1 N–H and O–H groups in total. The molecular formula is C13H25F3N2. The Bertz CT molecular complexity index is 231. The Balaban J connectivity index is 2.49. The minimum atomic E-state index is -4.04. The molecule has 0 aromatic rings. The van der Waals surface area contributed by atoms with Gasteiger partial charge in [-0.3, -0.25) is 4.90 Å². The second-order valence-corrected chi connectivity index (χ2v) is 5.20. The summed E-state index contributed by atoms with van der Waals surface area (Å²) in [5.41, 5.74) is 0. The second-order valence-electron chi connectivity index (χ2n) is 5.20. The summed E-state index contributed by atoms with van der Waals surface area (Å²) in [7, 11) is 0. The standard InChI is InChI=1S/C13H25F3N2/c1-3-5-11-10-18(8-7-13(14,15)16)12(6-4-2)9-17-11/h11-12,17H,3-10H2,1-2H3. The molecule has 1 rings (SSSR count). The number of alkyl halides is 3. The summed E-state index contributed by atoms with van der Waals surface area (Å²) in [5, 5.41) is 3.46. The van der Waals surface area contributed by atoms with E-state index in [2.05, 4.69) is 19.2 Å². The molecule has 0 aromatic heterocycles. The van der Waals surface area contributed by atoms with Gasteiger partial charge in [0.05, 0.1) is 6.42 Å². The fourth-order valence-corrected chi connectivity index (χ4v) is 2.63. The van der Waals surface area contributed by atoms with E-state index in [9.17, 15) is 13.2 Å². The number of piperazine rings is 1. The molecule has 0 aromatic carbocycles. The minimum absolute atomic E-state index is 0.149. The van der Waals surface area contributed by atoms with E-state index in [0.29, 0.717) is 6.04 Å². The highest BCUT2D eigenvalue weighted by atomic mass is 19.4. The van der Waals surface area contributed by atoms with Crippen molar-refractivity contribution in [3.05, 3.63) is 0 Å².